The van der Waals surface area contributed by atoms with Crippen molar-refractivity contribution in [2.45, 2.75) is 33.2 Å². The van der Waals surface area contributed by atoms with E-state index >= 15 is 0 Å². The van der Waals surface area contributed by atoms with E-state index in [4.69, 9.17) is 9.72 Å². The Hall–Kier alpha value is -3.35. The maximum absolute atomic E-state index is 13.8. The monoisotopic (exact) mass is 448 g/mol. The third kappa shape index (κ3) is 4.19. The molecule has 2 aromatic carbocycles. The van der Waals surface area contributed by atoms with Crippen LogP contribution in [0.5, 0.6) is 0 Å². The molecule has 3 aromatic rings. The lowest BCUT2D eigenvalue weighted by molar-refractivity contribution is -0.153. The standard InChI is InChI=1S/C26H32N4O3/c1-6-33-25(32)22-23(18-11-13-19(14-12-18)28(4)5)30-21-10-8-7-9-20(21)27-26(30)29(24(22)31)16-15-17(2)3/h7-14,17,22-23H,6,15-16H2,1-5H3/t22-,23+/m1/s1. The fourth-order valence-corrected chi connectivity index (χ4v) is 4.42. The fraction of sp³-hybridized carbons (Fsp3) is 0.423. The molecule has 1 aliphatic rings. The lowest BCUT2D eigenvalue weighted by atomic mass is 9.89. The minimum absolute atomic E-state index is 0.221. The molecule has 1 aliphatic heterocycles. The summed E-state index contributed by atoms with van der Waals surface area (Å²) in [6.07, 6.45) is 0.812. The van der Waals surface area contributed by atoms with Gasteiger partial charge in [-0.05, 0) is 49.1 Å². The van der Waals surface area contributed by atoms with Crippen molar-refractivity contribution in [1.82, 2.24) is 9.55 Å². The molecule has 0 saturated heterocycles. The second-order valence-corrected chi connectivity index (χ2v) is 9.10. The Morgan fingerprint density at radius 1 is 1.12 bits per heavy atom. The molecule has 0 bridgehead atoms. The maximum atomic E-state index is 13.8. The lowest BCUT2D eigenvalue weighted by Gasteiger charge is -2.38. The summed E-state index contributed by atoms with van der Waals surface area (Å²) in [6, 6.07) is 15.3. The topological polar surface area (TPSA) is 67.7 Å². The van der Waals surface area contributed by atoms with Gasteiger partial charge >= 0.3 is 5.97 Å². The van der Waals surface area contributed by atoms with Gasteiger partial charge in [0.1, 0.15) is 0 Å². The van der Waals surface area contributed by atoms with Crippen molar-refractivity contribution in [3.8, 4) is 0 Å². The number of ether oxygens (including phenoxy) is 1. The molecule has 1 aromatic heterocycles. The van der Waals surface area contributed by atoms with Gasteiger partial charge in [0.2, 0.25) is 11.9 Å². The van der Waals surface area contributed by atoms with Crippen LogP contribution in [-0.4, -0.2) is 48.7 Å². The molecule has 7 heteroatoms. The maximum Gasteiger partial charge on any atom is 0.321 e. The van der Waals surface area contributed by atoms with E-state index in [1.165, 1.54) is 0 Å². The minimum atomic E-state index is -0.979. The van der Waals surface area contributed by atoms with Crippen molar-refractivity contribution in [2.75, 3.05) is 37.0 Å². The molecule has 2 heterocycles. The minimum Gasteiger partial charge on any atom is -0.465 e. The quantitative estimate of drug-likeness (QED) is 0.399. The number of fused-ring (bicyclic) bond motifs is 3. The zero-order chi connectivity index (χ0) is 23.7. The Morgan fingerprint density at radius 3 is 2.45 bits per heavy atom. The number of esters is 1. The van der Waals surface area contributed by atoms with E-state index in [0.717, 1.165) is 28.7 Å². The number of imidazole rings is 1. The molecule has 7 nitrogen and oxygen atoms in total. The van der Waals surface area contributed by atoms with Crippen molar-refractivity contribution in [3.05, 3.63) is 54.1 Å². The number of amides is 1. The Bertz CT molecular complexity index is 1150. The number of hydrogen-bond acceptors (Lipinski definition) is 5. The highest BCUT2D eigenvalue weighted by molar-refractivity contribution is 6.08. The van der Waals surface area contributed by atoms with Crippen LogP contribution in [0.4, 0.5) is 11.6 Å². The average molecular weight is 449 g/mol. The van der Waals surface area contributed by atoms with Crippen molar-refractivity contribution in [2.24, 2.45) is 11.8 Å². The van der Waals surface area contributed by atoms with Crippen molar-refractivity contribution in [3.63, 3.8) is 0 Å². The molecule has 0 fully saturated rings. The predicted molar refractivity (Wildman–Crippen MR) is 131 cm³/mol. The number of hydrogen-bond donors (Lipinski definition) is 0. The van der Waals surface area contributed by atoms with Crippen LogP contribution in [-0.2, 0) is 14.3 Å². The van der Waals surface area contributed by atoms with Crippen LogP contribution >= 0.6 is 0 Å². The van der Waals surface area contributed by atoms with Gasteiger partial charge in [0.05, 0.1) is 23.7 Å². The Balaban J connectivity index is 1.93. The van der Waals surface area contributed by atoms with Crippen molar-refractivity contribution in [1.29, 1.82) is 0 Å². The lowest BCUT2D eigenvalue weighted by Crippen LogP contribution is -2.50. The normalized spacial score (nSPS) is 18.0. The van der Waals surface area contributed by atoms with Crippen molar-refractivity contribution < 1.29 is 14.3 Å². The highest BCUT2D eigenvalue weighted by Gasteiger charge is 2.47. The fourth-order valence-electron chi connectivity index (χ4n) is 4.42. The Labute approximate surface area is 195 Å². The number of anilines is 2. The summed E-state index contributed by atoms with van der Waals surface area (Å²) in [7, 11) is 3.96. The zero-order valence-electron chi connectivity index (χ0n) is 20.0. The van der Waals surface area contributed by atoms with Crippen LogP contribution in [0.1, 0.15) is 38.8 Å². The van der Waals surface area contributed by atoms with Gasteiger partial charge in [-0.3, -0.25) is 14.5 Å². The van der Waals surface area contributed by atoms with Crippen LogP contribution in [0, 0.1) is 11.8 Å². The summed E-state index contributed by atoms with van der Waals surface area (Å²) in [5.41, 5.74) is 3.61. The first kappa shape index (κ1) is 22.8. The second kappa shape index (κ2) is 9.25. The molecule has 1 amide bonds. The second-order valence-electron chi connectivity index (χ2n) is 9.10. The zero-order valence-corrected chi connectivity index (χ0v) is 20.0. The first-order valence-corrected chi connectivity index (χ1v) is 11.6. The number of benzene rings is 2. The van der Waals surface area contributed by atoms with Gasteiger partial charge in [-0.25, -0.2) is 4.98 Å². The van der Waals surface area contributed by atoms with Gasteiger partial charge in [0.25, 0.3) is 0 Å². The van der Waals surface area contributed by atoms with Crippen LogP contribution in [0.3, 0.4) is 0 Å². The molecule has 0 spiro atoms. The van der Waals surface area contributed by atoms with E-state index < -0.39 is 17.9 Å². The molecular weight excluding hydrogens is 416 g/mol. The molecule has 0 unspecified atom stereocenters. The molecule has 33 heavy (non-hydrogen) atoms. The molecule has 0 saturated carbocycles. The van der Waals surface area contributed by atoms with Crippen LogP contribution in [0.25, 0.3) is 11.0 Å². The first-order chi connectivity index (χ1) is 15.8. The summed E-state index contributed by atoms with van der Waals surface area (Å²) >= 11 is 0. The van der Waals surface area contributed by atoms with E-state index in [2.05, 4.69) is 13.8 Å². The average Bonchev–Trinajstić information content (AvgIpc) is 3.17. The largest absolute Gasteiger partial charge is 0.465 e. The molecule has 2 atom stereocenters. The first-order valence-electron chi connectivity index (χ1n) is 11.6. The van der Waals surface area contributed by atoms with E-state index in [0.29, 0.717) is 18.4 Å². The summed E-state index contributed by atoms with van der Waals surface area (Å²) in [5, 5.41) is 0. The Kier molecular flexibility index (Phi) is 6.40. The molecule has 4 rings (SSSR count). The smallest absolute Gasteiger partial charge is 0.321 e. The third-order valence-corrected chi connectivity index (χ3v) is 6.17. The van der Waals surface area contributed by atoms with E-state index in [9.17, 15) is 9.59 Å². The predicted octanol–water partition coefficient (Wildman–Crippen LogP) is 4.26. The summed E-state index contributed by atoms with van der Waals surface area (Å²) in [6.45, 7) is 6.73. The van der Waals surface area contributed by atoms with Gasteiger partial charge in [0.15, 0.2) is 5.92 Å². The highest BCUT2D eigenvalue weighted by Crippen LogP contribution is 2.41. The van der Waals surface area contributed by atoms with Gasteiger partial charge < -0.3 is 14.2 Å². The van der Waals surface area contributed by atoms with Gasteiger partial charge in [0, 0.05) is 26.3 Å². The van der Waals surface area contributed by atoms with Gasteiger partial charge in [-0.1, -0.05) is 38.1 Å². The number of carbonyl (C=O) groups excluding carboxylic acids is 2. The van der Waals surface area contributed by atoms with Gasteiger partial charge in [-0.15, -0.1) is 0 Å². The molecular formula is C26H32N4O3. The van der Waals surface area contributed by atoms with Crippen LogP contribution in [0.15, 0.2) is 48.5 Å². The third-order valence-electron chi connectivity index (χ3n) is 6.17. The molecule has 174 valence electrons. The number of carbonyl (C=O) groups is 2. The number of rotatable bonds is 7. The van der Waals surface area contributed by atoms with E-state index in [1.54, 1.807) is 11.8 Å². The highest BCUT2D eigenvalue weighted by atomic mass is 16.5. The number of para-hydroxylation sites is 2. The molecule has 0 radical (unpaired) electrons. The number of aromatic nitrogens is 2. The SMILES string of the molecule is CCOC(=O)[C@H]1C(=O)N(CCC(C)C)c2nc3ccccc3n2[C@H]1c1ccc(N(C)C)cc1. The summed E-state index contributed by atoms with van der Waals surface area (Å²) < 4.78 is 7.46. The van der Waals surface area contributed by atoms with Gasteiger partial charge in [-0.2, -0.15) is 0 Å². The van der Waals surface area contributed by atoms with Crippen LogP contribution in [0.2, 0.25) is 0 Å². The summed E-state index contributed by atoms with van der Waals surface area (Å²) in [4.78, 5) is 35.5. The van der Waals surface area contributed by atoms with Crippen LogP contribution < -0.4 is 9.80 Å². The summed E-state index contributed by atoms with van der Waals surface area (Å²) in [5.74, 6) is -0.731. The molecule has 0 aliphatic carbocycles. The van der Waals surface area contributed by atoms with E-state index in [-0.39, 0.29) is 12.5 Å². The van der Waals surface area contributed by atoms with Crippen molar-refractivity contribution >= 4 is 34.5 Å². The van der Waals surface area contributed by atoms with E-state index in [1.807, 2.05) is 72.1 Å². The molecule has 0 N–H and O–H groups in total. The Morgan fingerprint density at radius 2 is 1.82 bits per heavy atom. The number of nitrogens with zero attached hydrogens (tertiary/aromatic N) is 4.